The third kappa shape index (κ3) is 4.97. The maximum atomic E-state index is 12.7. The zero-order valence-corrected chi connectivity index (χ0v) is 19.5. The fourth-order valence-corrected chi connectivity index (χ4v) is 4.24. The molecule has 0 unspecified atom stereocenters. The van der Waals surface area contributed by atoms with Gasteiger partial charge in [-0.25, -0.2) is 0 Å². The van der Waals surface area contributed by atoms with E-state index in [-0.39, 0.29) is 17.4 Å². The number of nitrogens with zero attached hydrogens (tertiary/aromatic N) is 4. The number of amides is 1. The van der Waals surface area contributed by atoms with Crippen LogP contribution in [-0.2, 0) is 4.79 Å². The van der Waals surface area contributed by atoms with Crippen LogP contribution in [0.15, 0.2) is 72.1 Å². The van der Waals surface area contributed by atoms with Gasteiger partial charge in [0.1, 0.15) is 0 Å². The summed E-state index contributed by atoms with van der Waals surface area (Å²) >= 11 is 7.62. The van der Waals surface area contributed by atoms with E-state index >= 15 is 0 Å². The van der Waals surface area contributed by atoms with Crippen LogP contribution in [-0.4, -0.2) is 37.2 Å². The fraction of sp³-hybridized carbons (Fsp3) is 0.125. The Kier molecular flexibility index (Phi) is 6.86. The zero-order chi connectivity index (χ0) is 23.4. The molecule has 0 aliphatic rings. The van der Waals surface area contributed by atoms with E-state index in [9.17, 15) is 9.59 Å². The molecule has 0 aliphatic carbocycles. The van der Waals surface area contributed by atoms with Crippen LogP contribution in [0.4, 0.5) is 5.69 Å². The average Bonchev–Trinajstić information content (AvgIpc) is 3.24. The van der Waals surface area contributed by atoms with E-state index in [2.05, 4.69) is 20.5 Å². The number of thioether (sulfide) groups is 1. The highest BCUT2D eigenvalue weighted by Crippen LogP contribution is 2.31. The Morgan fingerprint density at radius 3 is 2.55 bits per heavy atom. The fourth-order valence-electron chi connectivity index (χ4n) is 3.32. The van der Waals surface area contributed by atoms with Crippen LogP contribution in [0.5, 0.6) is 0 Å². The molecular formula is C24H20ClN5O2S. The smallest absolute Gasteiger partial charge is 0.234 e. The lowest BCUT2D eigenvalue weighted by Crippen LogP contribution is -2.16. The summed E-state index contributed by atoms with van der Waals surface area (Å²) in [5.41, 5.74) is 3.48. The first-order valence-electron chi connectivity index (χ1n) is 10.1. The summed E-state index contributed by atoms with van der Waals surface area (Å²) in [5.74, 6) is 0.334. The summed E-state index contributed by atoms with van der Waals surface area (Å²) in [6, 6.07) is 16.2. The summed E-state index contributed by atoms with van der Waals surface area (Å²) in [7, 11) is 0. The van der Waals surface area contributed by atoms with Crippen molar-refractivity contribution in [3.63, 3.8) is 0 Å². The molecule has 166 valence electrons. The van der Waals surface area contributed by atoms with Gasteiger partial charge in [0.25, 0.3) is 0 Å². The molecule has 9 heteroatoms. The van der Waals surface area contributed by atoms with Crippen molar-refractivity contribution in [1.82, 2.24) is 19.7 Å². The molecule has 0 saturated heterocycles. The van der Waals surface area contributed by atoms with Crippen LogP contribution < -0.4 is 5.32 Å². The van der Waals surface area contributed by atoms with E-state index in [1.54, 1.807) is 36.7 Å². The first kappa shape index (κ1) is 22.7. The molecule has 0 aliphatic heterocycles. The Bertz CT molecular complexity index is 1320. The van der Waals surface area contributed by atoms with Gasteiger partial charge in [0, 0.05) is 28.5 Å². The molecule has 2 aromatic carbocycles. The van der Waals surface area contributed by atoms with Crippen molar-refractivity contribution in [3.8, 4) is 17.1 Å². The predicted octanol–water partition coefficient (Wildman–Crippen LogP) is 5.22. The van der Waals surface area contributed by atoms with E-state index < -0.39 is 0 Å². The van der Waals surface area contributed by atoms with Crippen molar-refractivity contribution in [2.24, 2.45) is 0 Å². The van der Waals surface area contributed by atoms with Gasteiger partial charge < -0.3 is 5.32 Å². The molecule has 7 nitrogen and oxygen atoms in total. The number of hydrogen-bond donors (Lipinski definition) is 1. The number of anilines is 1. The standard InChI is InChI=1S/C24H20ClN5O2S/c1-15-19(25)7-5-9-21(15)30-23(17-10-12-26-13-11-17)28-29-24(30)33-14-22(32)27-20-8-4-3-6-18(20)16(2)31/h3-13H,14H2,1-2H3,(H,27,32). The molecule has 0 fully saturated rings. The van der Waals surface area contributed by atoms with Gasteiger partial charge in [0.05, 0.1) is 17.1 Å². The van der Waals surface area contributed by atoms with Gasteiger partial charge in [-0.2, -0.15) is 0 Å². The van der Waals surface area contributed by atoms with Crippen molar-refractivity contribution in [3.05, 3.63) is 83.1 Å². The Morgan fingerprint density at radius 1 is 1.03 bits per heavy atom. The summed E-state index contributed by atoms with van der Waals surface area (Å²) in [6.07, 6.45) is 3.37. The molecule has 0 saturated carbocycles. The number of rotatable bonds is 7. The van der Waals surface area contributed by atoms with Crippen LogP contribution in [0, 0.1) is 6.92 Å². The minimum atomic E-state index is -0.253. The topological polar surface area (TPSA) is 89.8 Å². The van der Waals surface area contributed by atoms with E-state index in [0.717, 1.165) is 16.8 Å². The van der Waals surface area contributed by atoms with Crippen LogP contribution >= 0.6 is 23.4 Å². The van der Waals surface area contributed by atoms with Crippen molar-refractivity contribution in [2.45, 2.75) is 19.0 Å². The highest BCUT2D eigenvalue weighted by Gasteiger charge is 2.19. The van der Waals surface area contributed by atoms with Gasteiger partial charge in [-0.1, -0.05) is 41.6 Å². The van der Waals surface area contributed by atoms with Crippen LogP contribution in [0.25, 0.3) is 17.1 Å². The van der Waals surface area contributed by atoms with Crippen LogP contribution in [0.2, 0.25) is 5.02 Å². The highest BCUT2D eigenvalue weighted by molar-refractivity contribution is 7.99. The van der Waals surface area contributed by atoms with Gasteiger partial charge >= 0.3 is 0 Å². The second-order valence-electron chi connectivity index (χ2n) is 7.20. The number of hydrogen-bond acceptors (Lipinski definition) is 6. The van der Waals surface area contributed by atoms with Gasteiger partial charge in [0.2, 0.25) is 5.91 Å². The number of carbonyl (C=O) groups excluding carboxylic acids is 2. The van der Waals surface area contributed by atoms with Gasteiger partial charge in [-0.3, -0.25) is 19.1 Å². The Labute approximate surface area is 200 Å². The number of para-hydroxylation sites is 1. The maximum absolute atomic E-state index is 12.7. The number of carbonyl (C=O) groups is 2. The molecule has 0 spiro atoms. The molecule has 2 aromatic heterocycles. The molecule has 2 heterocycles. The Hall–Kier alpha value is -3.49. The second kappa shape index (κ2) is 9.97. The van der Waals surface area contributed by atoms with Crippen molar-refractivity contribution < 1.29 is 9.59 Å². The Morgan fingerprint density at radius 2 is 1.79 bits per heavy atom. The number of pyridine rings is 1. The van der Waals surface area contributed by atoms with E-state index in [4.69, 9.17) is 11.6 Å². The summed E-state index contributed by atoms with van der Waals surface area (Å²) in [6.45, 7) is 3.39. The molecule has 0 atom stereocenters. The normalized spacial score (nSPS) is 10.8. The lowest BCUT2D eigenvalue weighted by Gasteiger charge is -2.14. The van der Waals surface area contributed by atoms with Crippen molar-refractivity contribution in [1.29, 1.82) is 0 Å². The molecule has 1 amide bonds. The van der Waals surface area contributed by atoms with E-state index in [0.29, 0.717) is 27.3 Å². The summed E-state index contributed by atoms with van der Waals surface area (Å²) in [4.78, 5) is 28.6. The number of benzene rings is 2. The molecule has 1 N–H and O–H groups in total. The lowest BCUT2D eigenvalue weighted by atomic mass is 10.1. The Balaban J connectivity index is 1.64. The van der Waals surface area contributed by atoms with Crippen LogP contribution in [0.1, 0.15) is 22.8 Å². The minimum Gasteiger partial charge on any atom is -0.325 e. The van der Waals surface area contributed by atoms with E-state index in [1.165, 1.54) is 18.7 Å². The van der Waals surface area contributed by atoms with E-state index in [1.807, 2.05) is 41.8 Å². The average molecular weight is 478 g/mol. The monoisotopic (exact) mass is 477 g/mol. The molecule has 0 bridgehead atoms. The minimum absolute atomic E-state index is 0.0837. The lowest BCUT2D eigenvalue weighted by molar-refractivity contribution is -0.113. The first-order valence-corrected chi connectivity index (χ1v) is 11.5. The molecule has 4 aromatic rings. The SMILES string of the molecule is CC(=O)c1ccccc1NC(=O)CSc1nnc(-c2ccncc2)n1-c1cccc(Cl)c1C. The largest absolute Gasteiger partial charge is 0.325 e. The number of Topliss-reactive ketones (excluding diaryl/α,β-unsaturated/α-hetero) is 1. The summed E-state index contributed by atoms with van der Waals surface area (Å²) in [5, 5.41) is 12.7. The number of ketones is 1. The third-order valence-electron chi connectivity index (χ3n) is 4.96. The highest BCUT2D eigenvalue weighted by atomic mass is 35.5. The molecule has 33 heavy (non-hydrogen) atoms. The summed E-state index contributed by atoms with van der Waals surface area (Å²) < 4.78 is 1.89. The third-order valence-corrected chi connectivity index (χ3v) is 6.30. The second-order valence-corrected chi connectivity index (χ2v) is 8.55. The number of halogens is 1. The maximum Gasteiger partial charge on any atom is 0.234 e. The molecule has 0 radical (unpaired) electrons. The zero-order valence-electron chi connectivity index (χ0n) is 17.9. The van der Waals surface area contributed by atoms with Gasteiger partial charge in [0.15, 0.2) is 16.8 Å². The predicted molar refractivity (Wildman–Crippen MR) is 130 cm³/mol. The molecular weight excluding hydrogens is 458 g/mol. The van der Waals surface area contributed by atoms with Crippen molar-refractivity contribution in [2.75, 3.05) is 11.1 Å². The number of aromatic nitrogens is 4. The van der Waals surface area contributed by atoms with Gasteiger partial charge in [-0.05, 0) is 55.8 Å². The number of nitrogens with one attached hydrogen (secondary N) is 1. The quantitative estimate of drug-likeness (QED) is 0.290. The molecule has 4 rings (SSSR count). The van der Waals surface area contributed by atoms with Crippen molar-refractivity contribution >= 4 is 40.7 Å². The van der Waals surface area contributed by atoms with Crippen LogP contribution in [0.3, 0.4) is 0 Å². The van der Waals surface area contributed by atoms with Gasteiger partial charge in [-0.15, -0.1) is 10.2 Å². The first-order chi connectivity index (χ1) is 16.0.